The summed E-state index contributed by atoms with van der Waals surface area (Å²) in [6.45, 7) is -0.166. The SMILES string of the molecule is Cl.O=C(CF)Nc1cnc2cccnc2c1NCC1(O)CCOC1. The van der Waals surface area contributed by atoms with Gasteiger partial charge < -0.3 is 20.5 Å². The molecule has 24 heavy (non-hydrogen) atoms. The zero-order valence-electron chi connectivity index (χ0n) is 12.8. The molecule has 0 aromatic carbocycles. The zero-order chi connectivity index (χ0) is 16.3. The van der Waals surface area contributed by atoms with Gasteiger partial charge in [0.25, 0.3) is 5.91 Å². The summed E-state index contributed by atoms with van der Waals surface area (Å²) < 4.78 is 17.7. The fraction of sp³-hybridized carbons (Fsp3) is 0.400. The number of nitrogens with zero attached hydrogens (tertiary/aromatic N) is 2. The van der Waals surface area contributed by atoms with E-state index in [-0.39, 0.29) is 25.6 Å². The van der Waals surface area contributed by atoms with E-state index in [4.69, 9.17) is 4.74 Å². The van der Waals surface area contributed by atoms with Gasteiger partial charge in [0.1, 0.15) is 11.1 Å². The number of amides is 1. The highest BCUT2D eigenvalue weighted by molar-refractivity contribution is 6.01. The summed E-state index contributed by atoms with van der Waals surface area (Å²) >= 11 is 0. The summed E-state index contributed by atoms with van der Waals surface area (Å²) in [6, 6.07) is 3.53. The average molecular weight is 357 g/mol. The highest BCUT2D eigenvalue weighted by Crippen LogP contribution is 2.29. The van der Waals surface area contributed by atoms with E-state index in [1.54, 1.807) is 18.3 Å². The molecule has 1 fully saturated rings. The van der Waals surface area contributed by atoms with E-state index >= 15 is 0 Å². The standard InChI is InChI=1S/C15H17FN4O3.ClH/c16-6-12(21)20-11-7-18-10-2-1-4-17-13(10)14(11)19-8-15(22)3-5-23-9-15;/h1-2,4,7,22H,3,5-6,8-9H2,(H,18,19)(H,20,21);1H. The van der Waals surface area contributed by atoms with E-state index in [0.717, 1.165) is 0 Å². The first-order valence-electron chi connectivity index (χ1n) is 7.25. The Morgan fingerprint density at radius 2 is 2.29 bits per heavy atom. The molecule has 0 bridgehead atoms. The molecule has 3 heterocycles. The molecule has 130 valence electrons. The Morgan fingerprint density at radius 3 is 3.00 bits per heavy atom. The van der Waals surface area contributed by atoms with E-state index in [2.05, 4.69) is 20.6 Å². The van der Waals surface area contributed by atoms with Gasteiger partial charge in [-0.1, -0.05) is 0 Å². The third kappa shape index (κ3) is 3.89. The van der Waals surface area contributed by atoms with Crippen molar-refractivity contribution >= 4 is 40.7 Å². The summed E-state index contributed by atoms with van der Waals surface area (Å²) in [5.74, 6) is -0.770. The van der Waals surface area contributed by atoms with Crippen LogP contribution in [0.15, 0.2) is 24.5 Å². The van der Waals surface area contributed by atoms with Crippen LogP contribution in [0, 0.1) is 0 Å². The first-order chi connectivity index (χ1) is 11.1. The van der Waals surface area contributed by atoms with Gasteiger partial charge in [0, 0.05) is 25.8 Å². The number of halogens is 2. The van der Waals surface area contributed by atoms with Gasteiger partial charge >= 0.3 is 0 Å². The summed E-state index contributed by atoms with van der Waals surface area (Å²) in [7, 11) is 0. The summed E-state index contributed by atoms with van der Waals surface area (Å²) in [6.07, 6.45) is 3.56. The number of hydrogen-bond acceptors (Lipinski definition) is 6. The molecule has 1 saturated heterocycles. The normalized spacial score (nSPS) is 19.8. The van der Waals surface area contributed by atoms with Crippen molar-refractivity contribution in [1.29, 1.82) is 0 Å². The second-order valence-electron chi connectivity index (χ2n) is 5.48. The second-order valence-corrected chi connectivity index (χ2v) is 5.48. The third-order valence-electron chi connectivity index (χ3n) is 3.70. The van der Waals surface area contributed by atoms with Gasteiger partial charge in [0.2, 0.25) is 0 Å². The first kappa shape index (κ1) is 18.3. The quantitative estimate of drug-likeness (QED) is 0.751. The van der Waals surface area contributed by atoms with Crippen LogP contribution in [0.3, 0.4) is 0 Å². The highest BCUT2D eigenvalue weighted by Gasteiger charge is 2.32. The Labute approximate surface area is 144 Å². The molecule has 1 aliphatic heterocycles. The summed E-state index contributed by atoms with van der Waals surface area (Å²) in [5, 5.41) is 15.9. The number of alkyl halides is 1. The lowest BCUT2D eigenvalue weighted by molar-refractivity contribution is -0.117. The Bertz CT molecular complexity index is 725. The first-order valence-corrected chi connectivity index (χ1v) is 7.25. The van der Waals surface area contributed by atoms with Crippen molar-refractivity contribution in [3.8, 4) is 0 Å². The molecule has 2 aromatic rings. The summed E-state index contributed by atoms with van der Waals surface area (Å²) in [5.41, 5.74) is 1.000. The van der Waals surface area contributed by atoms with Gasteiger partial charge in [0.15, 0.2) is 6.67 Å². The maximum absolute atomic E-state index is 12.5. The zero-order valence-corrected chi connectivity index (χ0v) is 13.6. The van der Waals surface area contributed by atoms with Crippen molar-refractivity contribution < 1.29 is 19.0 Å². The third-order valence-corrected chi connectivity index (χ3v) is 3.70. The molecule has 1 unspecified atom stereocenters. The molecular weight excluding hydrogens is 339 g/mol. The van der Waals surface area contributed by atoms with Crippen molar-refractivity contribution in [3.05, 3.63) is 24.5 Å². The van der Waals surface area contributed by atoms with Crippen LogP contribution in [0.4, 0.5) is 15.8 Å². The van der Waals surface area contributed by atoms with Crippen LogP contribution in [0.25, 0.3) is 11.0 Å². The van der Waals surface area contributed by atoms with E-state index in [1.165, 1.54) is 6.20 Å². The number of hydrogen-bond donors (Lipinski definition) is 3. The predicted molar refractivity (Wildman–Crippen MR) is 90.3 cm³/mol. The lowest BCUT2D eigenvalue weighted by Crippen LogP contribution is -2.37. The van der Waals surface area contributed by atoms with Gasteiger partial charge in [0.05, 0.1) is 29.7 Å². The number of aliphatic hydroxyl groups is 1. The van der Waals surface area contributed by atoms with Crippen LogP contribution < -0.4 is 10.6 Å². The topological polar surface area (TPSA) is 96.4 Å². The Balaban J connectivity index is 0.00000208. The van der Waals surface area contributed by atoms with Crippen molar-refractivity contribution in [2.45, 2.75) is 12.0 Å². The summed E-state index contributed by atoms with van der Waals surface area (Å²) in [4.78, 5) is 19.8. The van der Waals surface area contributed by atoms with Crippen LogP contribution in [-0.2, 0) is 9.53 Å². The van der Waals surface area contributed by atoms with Crippen LogP contribution in [0.5, 0.6) is 0 Å². The van der Waals surface area contributed by atoms with Crippen molar-refractivity contribution in [2.24, 2.45) is 0 Å². The molecule has 0 aliphatic carbocycles. The number of pyridine rings is 2. The van der Waals surface area contributed by atoms with Crippen LogP contribution in [0.2, 0.25) is 0 Å². The largest absolute Gasteiger partial charge is 0.386 e. The van der Waals surface area contributed by atoms with E-state index in [9.17, 15) is 14.3 Å². The Morgan fingerprint density at radius 1 is 1.46 bits per heavy atom. The number of carbonyl (C=O) groups excluding carboxylic acids is 1. The van der Waals surface area contributed by atoms with E-state index < -0.39 is 18.2 Å². The van der Waals surface area contributed by atoms with E-state index in [1.807, 2.05) is 0 Å². The van der Waals surface area contributed by atoms with Crippen molar-refractivity contribution in [3.63, 3.8) is 0 Å². The molecule has 7 nitrogen and oxygen atoms in total. The lowest BCUT2D eigenvalue weighted by atomic mass is 10.0. The fourth-order valence-corrected chi connectivity index (χ4v) is 2.47. The molecule has 0 spiro atoms. The minimum Gasteiger partial charge on any atom is -0.386 e. The molecular formula is C15H18ClFN4O3. The fourth-order valence-electron chi connectivity index (χ4n) is 2.47. The molecule has 9 heteroatoms. The number of anilines is 2. The van der Waals surface area contributed by atoms with Crippen LogP contribution >= 0.6 is 12.4 Å². The highest BCUT2D eigenvalue weighted by atomic mass is 35.5. The van der Waals surface area contributed by atoms with Gasteiger partial charge in [-0.05, 0) is 12.1 Å². The monoisotopic (exact) mass is 356 g/mol. The Hall–Kier alpha value is -2.03. The maximum atomic E-state index is 12.5. The van der Waals surface area contributed by atoms with Gasteiger partial charge in [-0.25, -0.2) is 4.39 Å². The molecule has 0 saturated carbocycles. The maximum Gasteiger partial charge on any atom is 0.255 e. The Kier molecular flexibility index (Phi) is 5.87. The molecule has 1 atom stereocenters. The molecule has 1 amide bonds. The predicted octanol–water partition coefficient (Wildman–Crippen LogP) is 1.52. The minimum absolute atomic E-state index is 0. The van der Waals surface area contributed by atoms with E-state index in [0.29, 0.717) is 35.4 Å². The lowest BCUT2D eigenvalue weighted by Gasteiger charge is -2.23. The van der Waals surface area contributed by atoms with Gasteiger partial charge in [-0.3, -0.25) is 14.8 Å². The number of aromatic nitrogens is 2. The average Bonchev–Trinajstić information content (AvgIpc) is 3.00. The van der Waals surface area contributed by atoms with Gasteiger partial charge in [-0.2, -0.15) is 0 Å². The molecule has 1 aliphatic rings. The van der Waals surface area contributed by atoms with Gasteiger partial charge in [-0.15, -0.1) is 12.4 Å². The van der Waals surface area contributed by atoms with Crippen molar-refractivity contribution in [1.82, 2.24) is 9.97 Å². The molecule has 2 aromatic heterocycles. The second kappa shape index (κ2) is 7.69. The number of ether oxygens (including phenoxy) is 1. The number of rotatable bonds is 5. The van der Waals surface area contributed by atoms with Crippen LogP contribution in [-0.4, -0.2) is 53.0 Å². The number of fused-ring (bicyclic) bond motifs is 1. The molecule has 0 radical (unpaired) electrons. The number of nitrogens with one attached hydrogen (secondary N) is 2. The number of carbonyl (C=O) groups is 1. The van der Waals surface area contributed by atoms with Crippen LogP contribution in [0.1, 0.15) is 6.42 Å². The minimum atomic E-state index is -1.13. The van der Waals surface area contributed by atoms with Crippen molar-refractivity contribution in [2.75, 3.05) is 37.1 Å². The smallest absolute Gasteiger partial charge is 0.255 e. The molecule has 3 N–H and O–H groups in total. The molecule has 3 rings (SSSR count).